The molecule has 3 aliphatic rings. The number of hydrogen-bond acceptors (Lipinski definition) is 5. The molecule has 2 N–H and O–H groups in total. The zero-order valence-corrected chi connectivity index (χ0v) is 15.0. The van der Waals surface area contributed by atoms with Crippen LogP contribution in [-0.2, 0) is 9.47 Å². The Morgan fingerprint density at radius 2 is 2.17 bits per heavy atom. The summed E-state index contributed by atoms with van der Waals surface area (Å²) in [5.41, 5.74) is 0.246. The van der Waals surface area contributed by atoms with Crippen molar-refractivity contribution in [2.24, 2.45) is 4.99 Å². The van der Waals surface area contributed by atoms with Crippen molar-refractivity contribution in [3.05, 3.63) is 0 Å². The lowest BCUT2D eigenvalue weighted by Gasteiger charge is -2.43. The molecule has 23 heavy (non-hydrogen) atoms. The lowest BCUT2D eigenvalue weighted by molar-refractivity contribution is -0.0120. The fourth-order valence-electron chi connectivity index (χ4n) is 3.62. The smallest absolute Gasteiger partial charge is 0.191 e. The van der Waals surface area contributed by atoms with E-state index in [-0.39, 0.29) is 5.54 Å². The Morgan fingerprint density at radius 3 is 2.83 bits per heavy atom. The van der Waals surface area contributed by atoms with Gasteiger partial charge < -0.3 is 20.1 Å². The Morgan fingerprint density at radius 1 is 1.30 bits per heavy atom. The van der Waals surface area contributed by atoms with Gasteiger partial charge in [0.05, 0.1) is 19.3 Å². The van der Waals surface area contributed by atoms with E-state index >= 15 is 0 Å². The topological polar surface area (TPSA) is 58.1 Å². The molecule has 132 valence electrons. The van der Waals surface area contributed by atoms with E-state index in [1.54, 1.807) is 0 Å². The molecule has 0 amide bonds. The van der Waals surface area contributed by atoms with Crippen LogP contribution in [0, 0.1) is 0 Å². The minimum Gasteiger partial charge on any atom is -0.379 e. The van der Waals surface area contributed by atoms with Crippen LogP contribution in [0.2, 0.25) is 0 Å². The highest BCUT2D eigenvalue weighted by molar-refractivity contribution is 7.99. The number of ether oxygens (including phenoxy) is 2. The summed E-state index contributed by atoms with van der Waals surface area (Å²) in [5, 5.41) is 6.98. The van der Waals surface area contributed by atoms with E-state index in [1.165, 1.54) is 24.3 Å². The first-order valence-corrected chi connectivity index (χ1v) is 9.94. The van der Waals surface area contributed by atoms with Crippen LogP contribution in [-0.4, -0.2) is 87.1 Å². The Hall–Kier alpha value is -0.500. The van der Waals surface area contributed by atoms with E-state index in [9.17, 15) is 0 Å². The van der Waals surface area contributed by atoms with Crippen molar-refractivity contribution in [1.82, 2.24) is 15.5 Å². The Kier molecular flexibility index (Phi) is 6.44. The summed E-state index contributed by atoms with van der Waals surface area (Å²) in [6.45, 7) is 6.51. The van der Waals surface area contributed by atoms with Gasteiger partial charge in [-0.15, -0.1) is 0 Å². The van der Waals surface area contributed by atoms with Gasteiger partial charge in [-0.2, -0.15) is 11.8 Å². The monoisotopic (exact) mass is 342 g/mol. The van der Waals surface area contributed by atoms with E-state index < -0.39 is 0 Å². The summed E-state index contributed by atoms with van der Waals surface area (Å²) in [6.07, 6.45) is 3.91. The van der Waals surface area contributed by atoms with Crippen LogP contribution in [0.1, 0.15) is 19.3 Å². The maximum Gasteiger partial charge on any atom is 0.191 e. The quantitative estimate of drug-likeness (QED) is 0.562. The van der Waals surface area contributed by atoms with E-state index in [1.807, 2.05) is 7.05 Å². The molecule has 0 radical (unpaired) electrons. The Balaban J connectivity index is 1.50. The van der Waals surface area contributed by atoms with Gasteiger partial charge in [0.2, 0.25) is 0 Å². The second-order valence-electron chi connectivity index (χ2n) is 6.57. The zero-order valence-electron chi connectivity index (χ0n) is 14.2. The molecule has 0 spiro atoms. The third-order valence-electron chi connectivity index (χ3n) is 5.09. The highest BCUT2D eigenvalue weighted by atomic mass is 32.2. The third kappa shape index (κ3) is 4.53. The molecule has 2 atom stereocenters. The molecular weight excluding hydrogens is 312 g/mol. The molecule has 0 aromatic carbocycles. The maximum absolute atomic E-state index is 5.67. The first kappa shape index (κ1) is 17.3. The van der Waals surface area contributed by atoms with Crippen molar-refractivity contribution in [2.45, 2.75) is 30.9 Å². The van der Waals surface area contributed by atoms with E-state index in [4.69, 9.17) is 9.47 Å². The average Bonchev–Trinajstić information content (AvgIpc) is 3.28. The zero-order chi connectivity index (χ0) is 16.0. The lowest BCUT2D eigenvalue weighted by atomic mass is 9.95. The molecule has 6 nitrogen and oxygen atoms in total. The Bertz CT molecular complexity index is 390. The van der Waals surface area contributed by atoms with Crippen LogP contribution in [0.3, 0.4) is 0 Å². The summed E-state index contributed by atoms with van der Waals surface area (Å²) < 4.78 is 11.2. The highest BCUT2D eigenvalue weighted by Crippen LogP contribution is 2.33. The van der Waals surface area contributed by atoms with Gasteiger partial charge in [-0.3, -0.25) is 9.89 Å². The van der Waals surface area contributed by atoms with Gasteiger partial charge in [-0.1, -0.05) is 0 Å². The summed E-state index contributed by atoms with van der Waals surface area (Å²) in [5.74, 6) is 3.34. The van der Waals surface area contributed by atoms with E-state index in [0.29, 0.717) is 6.10 Å². The van der Waals surface area contributed by atoms with Crippen molar-refractivity contribution in [1.29, 1.82) is 0 Å². The fraction of sp³-hybridized carbons (Fsp3) is 0.938. The third-order valence-corrected chi connectivity index (χ3v) is 6.33. The van der Waals surface area contributed by atoms with E-state index in [2.05, 4.69) is 32.3 Å². The molecule has 3 fully saturated rings. The molecule has 3 rings (SSSR count). The predicted octanol–water partition coefficient (Wildman–Crippen LogP) is 0.538. The van der Waals surface area contributed by atoms with Crippen LogP contribution in [0.5, 0.6) is 0 Å². The second kappa shape index (κ2) is 8.55. The van der Waals surface area contributed by atoms with Crippen LogP contribution in [0.4, 0.5) is 0 Å². The maximum atomic E-state index is 5.67. The van der Waals surface area contributed by atoms with Crippen molar-refractivity contribution in [2.75, 3.05) is 64.6 Å². The summed E-state index contributed by atoms with van der Waals surface area (Å²) in [4.78, 5) is 7.00. The lowest BCUT2D eigenvalue weighted by Crippen LogP contribution is -2.60. The number of hydrogen-bond donors (Lipinski definition) is 2. The van der Waals surface area contributed by atoms with Crippen LogP contribution < -0.4 is 10.6 Å². The number of thioether (sulfide) groups is 1. The molecule has 7 heteroatoms. The summed E-state index contributed by atoms with van der Waals surface area (Å²) in [6, 6.07) is 0. The number of guanidine groups is 1. The van der Waals surface area contributed by atoms with Crippen molar-refractivity contribution < 1.29 is 9.47 Å². The van der Waals surface area contributed by atoms with Gasteiger partial charge in [0, 0.05) is 51.1 Å². The van der Waals surface area contributed by atoms with Crippen molar-refractivity contribution in [3.63, 3.8) is 0 Å². The average molecular weight is 343 g/mol. The van der Waals surface area contributed by atoms with Gasteiger partial charge in [-0.05, 0) is 25.0 Å². The molecule has 0 aromatic rings. The van der Waals surface area contributed by atoms with Gasteiger partial charge in [0.15, 0.2) is 5.96 Å². The van der Waals surface area contributed by atoms with Crippen molar-refractivity contribution >= 4 is 17.7 Å². The first-order valence-electron chi connectivity index (χ1n) is 8.79. The number of morpholine rings is 1. The number of nitrogens with zero attached hydrogens (tertiary/aromatic N) is 2. The predicted molar refractivity (Wildman–Crippen MR) is 95.4 cm³/mol. The van der Waals surface area contributed by atoms with E-state index in [0.717, 1.165) is 58.4 Å². The second-order valence-corrected chi connectivity index (χ2v) is 7.67. The largest absolute Gasteiger partial charge is 0.379 e. The molecule has 0 saturated carbocycles. The number of rotatable bonds is 5. The van der Waals surface area contributed by atoms with Crippen LogP contribution in [0.25, 0.3) is 0 Å². The Labute approximate surface area is 143 Å². The number of nitrogens with one attached hydrogen (secondary N) is 2. The van der Waals surface area contributed by atoms with Gasteiger partial charge in [0.25, 0.3) is 0 Å². The minimum absolute atomic E-state index is 0.246. The van der Waals surface area contributed by atoms with Crippen LogP contribution >= 0.6 is 11.8 Å². The van der Waals surface area contributed by atoms with Crippen LogP contribution in [0.15, 0.2) is 4.99 Å². The van der Waals surface area contributed by atoms with Crippen molar-refractivity contribution in [3.8, 4) is 0 Å². The summed E-state index contributed by atoms with van der Waals surface area (Å²) in [7, 11) is 1.84. The molecule has 0 aliphatic carbocycles. The van der Waals surface area contributed by atoms with Gasteiger partial charge in [0.1, 0.15) is 0 Å². The SMILES string of the molecule is CN=C(NCC1CCCO1)NCC1(N2CCOCC2)CCSC1. The molecule has 3 heterocycles. The van der Waals surface area contributed by atoms with Gasteiger partial charge in [-0.25, -0.2) is 0 Å². The molecule has 0 bridgehead atoms. The minimum atomic E-state index is 0.246. The molecule has 3 aliphatic heterocycles. The highest BCUT2D eigenvalue weighted by Gasteiger charge is 2.40. The molecular formula is C16H30N4O2S. The standard InChI is InChI=1S/C16H30N4O2S/c1-17-15(18-11-14-3-2-7-22-14)19-12-16(4-10-23-13-16)20-5-8-21-9-6-20/h14H,2-13H2,1H3,(H2,17,18,19). The fourth-order valence-corrected chi connectivity index (χ4v) is 5.10. The first-order chi connectivity index (χ1) is 11.3. The summed E-state index contributed by atoms with van der Waals surface area (Å²) >= 11 is 2.06. The molecule has 2 unspecified atom stereocenters. The molecule has 0 aromatic heterocycles. The van der Waals surface area contributed by atoms with Gasteiger partial charge >= 0.3 is 0 Å². The molecule has 3 saturated heterocycles. The number of aliphatic imine (C=N–C) groups is 1. The normalized spacial score (nSPS) is 33.1.